The number of hydrogen-bond acceptors (Lipinski definition) is 2. The summed E-state index contributed by atoms with van der Waals surface area (Å²) in [5, 5.41) is 19.1. The van der Waals surface area contributed by atoms with E-state index in [2.05, 4.69) is 13.8 Å². The molecule has 1 aromatic rings. The van der Waals surface area contributed by atoms with Crippen molar-refractivity contribution in [3.63, 3.8) is 0 Å². The Labute approximate surface area is 97.9 Å². The standard InChI is InChI=1S/C14H22O2/c1-3-4-5-6-7-11(2)13-10-12(15)8-9-14(13)16/h8-11,15-16H,3-7H2,1-2H3. The first kappa shape index (κ1) is 12.9. The van der Waals surface area contributed by atoms with Gasteiger partial charge in [-0.3, -0.25) is 0 Å². The van der Waals surface area contributed by atoms with Gasteiger partial charge in [-0.15, -0.1) is 0 Å². The van der Waals surface area contributed by atoms with E-state index in [0.29, 0.717) is 11.7 Å². The molecule has 0 heterocycles. The molecule has 0 aliphatic carbocycles. The number of phenolic OH excluding ortho intramolecular Hbond substituents is 2. The highest BCUT2D eigenvalue weighted by Crippen LogP contribution is 2.32. The molecule has 0 fully saturated rings. The summed E-state index contributed by atoms with van der Waals surface area (Å²) in [6.45, 7) is 4.30. The smallest absolute Gasteiger partial charge is 0.119 e. The molecular weight excluding hydrogens is 200 g/mol. The van der Waals surface area contributed by atoms with E-state index in [1.165, 1.54) is 31.7 Å². The number of aromatic hydroxyl groups is 2. The van der Waals surface area contributed by atoms with Crippen LogP contribution in [-0.2, 0) is 0 Å². The Kier molecular flexibility index (Phi) is 5.17. The van der Waals surface area contributed by atoms with E-state index >= 15 is 0 Å². The normalized spacial score (nSPS) is 12.6. The fourth-order valence-electron chi connectivity index (χ4n) is 1.97. The molecule has 0 radical (unpaired) electrons. The van der Waals surface area contributed by atoms with Crippen LogP contribution >= 0.6 is 0 Å². The van der Waals surface area contributed by atoms with Crippen molar-refractivity contribution >= 4 is 0 Å². The Hall–Kier alpha value is -1.18. The first-order valence-electron chi connectivity index (χ1n) is 6.17. The molecule has 2 nitrogen and oxygen atoms in total. The number of benzene rings is 1. The summed E-state index contributed by atoms with van der Waals surface area (Å²) in [5.41, 5.74) is 0.858. The lowest BCUT2D eigenvalue weighted by Crippen LogP contribution is -1.94. The van der Waals surface area contributed by atoms with Crippen LogP contribution in [0.4, 0.5) is 0 Å². The van der Waals surface area contributed by atoms with Gasteiger partial charge in [0, 0.05) is 5.56 Å². The third-order valence-electron chi connectivity index (χ3n) is 3.03. The number of hydrogen-bond donors (Lipinski definition) is 2. The van der Waals surface area contributed by atoms with Gasteiger partial charge in [-0.25, -0.2) is 0 Å². The zero-order valence-electron chi connectivity index (χ0n) is 10.2. The van der Waals surface area contributed by atoms with E-state index in [1.807, 2.05) is 0 Å². The monoisotopic (exact) mass is 222 g/mol. The summed E-state index contributed by atoms with van der Waals surface area (Å²) < 4.78 is 0. The molecule has 16 heavy (non-hydrogen) atoms. The topological polar surface area (TPSA) is 40.5 Å². The summed E-state index contributed by atoms with van der Waals surface area (Å²) in [6, 6.07) is 4.75. The van der Waals surface area contributed by atoms with E-state index in [0.717, 1.165) is 12.0 Å². The maximum absolute atomic E-state index is 9.70. The minimum absolute atomic E-state index is 0.230. The molecule has 0 spiro atoms. The van der Waals surface area contributed by atoms with E-state index in [4.69, 9.17) is 0 Å². The van der Waals surface area contributed by atoms with Crippen molar-refractivity contribution in [3.05, 3.63) is 23.8 Å². The molecule has 1 unspecified atom stereocenters. The highest BCUT2D eigenvalue weighted by atomic mass is 16.3. The summed E-state index contributed by atoms with van der Waals surface area (Å²) in [5.74, 6) is 0.831. The van der Waals surface area contributed by atoms with Gasteiger partial charge < -0.3 is 10.2 Å². The number of rotatable bonds is 6. The zero-order chi connectivity index (χ0) is 12.0. The van der Waals surface area contributed by atoms with Crippen molar-refractivity contribution in [2.75, 3.05) is 0 Å². The summed E-state index contributed by atoms with van der Waals surface area (Å²) in [4.78, 5) is 0. The molecule has 90 valence electrons. The van der Waals surface area contributed by atoms with Crippen molar-refractivity contribution in [2.24, 2.45) is 0 Å². The maximum atomic E-state index is 9.70. The van der Waals surface area contributed by atoms with E-state index in [-0.39, 0.29) is 5.75 Å². The molecule has 0 aromatic heterocycles. The quantitative estimate of drug-likeness (QED) is 0.560. The average Bonchev–Trinajstić information content (AvgIpc) is 2.27. The summed E-state index contributed by atoms with van der Waals surface area (Å²) >= 11 is 0. The molecular formula is C14H22O2. The Morgan fingerprint density at radius 2 is 1.88 bits per heavy atom. The van der Waals surface area contributed by atoms with Crippen LogP contribution in [0.15, 0.2) is 18.2 Å². The summed E-state index contributed by atoms with van der Waals surface area (Å²) in [7, 11) is 0. The Bertz CT molecular complexity index is 321. The van der Waals surface area contributed by atoms with Crippen molar-refractivity contribution in [1.29, 1.82) is 0 Å². The molecule has 2 N–H and O–H groups in total. The lowest BCUT2D eigenvalue weighted by atomic mass is 9.94. The Balaban J connectivity index is 2.51. The number of phenols is 2. The van der Waals surface area contributed by atoms with Gasteiger partial charge in [0.2, 0.25) is 0 Å². The van der Waals surface area contributed by atoms with Crippen LogP contribution in [0.1, 0.15) is 57.4 Å². The van der Waals surface area contributed by atoms with Gasteiger partial charge in [0.25, 0.3) is 0 Å². The van der Waals surface area contributed by atoms with Gasteiger partial charge in [-0.2, -0.15) is 0 Å². The van der Waals surface area contributed by atoms with Crippen LogP contribution in [0.5, 0.6) is 11.5 Å². The third-order valence-corrected chi connectivity index (χ3v) is 3.03. The molecule has 0 saturated carbocycles. The van der Waals surface area contributed by atoms with Crippen LogP contribution in [0.2, 0.25) is 0 Å². The predicted octanol–water partition coefficient (Wildman–Crippen LogP) is 4.17. The van der Waals surface area contributed by atoms with E-state index in [1.54, 1.807) is 12.1 Å². The van der Waals surface area contributed by atoms with Gasteiger partial charge in [0.05, 0.1) is 0 Å². The van der Waals surface area contributed by atoms with Crippen LogP contribution in [0.25, 0.3) is 0 Å². The van der Waals surface area contributed by atoms with Crippen LogP contribution in [-0.4, -0.2) is 10.2 Å². The van der Waals surface area contributed by atoms with Gasteiger partial charge in [-0.1, -0.05) is 39.5 Å². The molecule has 1 rings (SSSR count). The van der Waals surface area contributed by atoms with Crippen LogP contribution in [0, 0.1) is 0 Å². The third kappa shape index (κ3) is 3.76. The van der Waals surface area contributed by atoms with Crippen molar-refractivity contribution in [1.82, 2.24) is 0 Å². The fourth-order valence-corrected chi connectivity index (χ4v) is 1.97. The van der Waals surface area contributed by atoms with E-state index < -0.39 is 0 Å². The lowest BCUT2D eigenvalue weighted by Gasteiger charge is -2.13. The SMILES string of the molecule is CCCCCCC(C)c1cc(O)ccc1O. The minimum Gasteiger partial charge on any atom is -0.508 e. The van der Waals surface area contributed by atoms with E-state index in [9.17, 15) is 10.2 Å². The predicted molar refractivity (Wildman–Crippen MR) is 66.9 cm³/mol. The molecule has 1 aromatic carbocycles. The Morgan fingerprint density at radius 1 is 1.12 bits per heavy atom. The lowest BCUT2D eigenvalue weighted by molar-refractivity contribution is 0.445. The molecule has 1 atom stereocenters. The molecule has 0 saturated heterocycles. The summed E-state index contributed by atoms with van der Waals surface area (Å²) in [6.07, 6.45) is 6.02. The van der Waals surface area contributed by atoms with Gasteiger partial charge in [-0.05, 0) is 30.5 Å². The van der Waals surface area contributed by atoms with Gasteiger partial charge >= 0.3 is 0 Å². The molecule has 0 amide bonds. The second-order valence-corrected chi connectivity index (χ2v) is 4.49. The second-order valence-electron chi connectivity index (χ2n) is 4.49. The van der Waals surface area contributed by atoms with Crippen LogP contribution < -0.4 is 0 Å². The largest absolute Gasteiger partial charge is 0.508 e. The molecule has 0 aliphatic rings. The Morgan fingerprint density at radius 3 is 2.56 bits per heavy atom. The zero-order valence-corrected chi connectivity index (χ0v) is 10.2. The van der Waals surface area contributed by atoms with Gasteiger partial charge in [0.1, 0.15) is 11.5 Å². The van der Waals surface area contributed by atoms with Crippen molar-refractivity contribution in [3.8, 4) is 11.5 Å². The van der Waals surface area contributed by atoms with Crippen LogP contribution in [0.3, 0.4) is 0 Å². The maximum Gasteiger partial charge on any atom is 0.119 e. The minimum atomic E-state index is 0.230. The number of unbranched alkanes of at least 4 members (excludes halogenated alkanes) is 3. The second kappa shape index (κ2) is 6.41. The first-order valence-corrected chi connectivity index (χ1v) is 6.17. The molecule has 0 aliphatic heterocycles. The highest BCUT2D eigenvalue weighted by molar-refractivity contribution is 5.40. The van der Waals surface area contributed by atoms with Crippen molar-refractivity contribution in [2.45, 2.75) is 51.9 Å². The molecule has 2 heteroatoms. The molecule has 0 bridgehead atoms. The first-order chi connectivity index (χ1) is 7.65. The van der Waals surface area contributed by atoms with Gasteiger partial charge in [0.15, 0.2) is 0 Å². The fraction of sp³-hybridized carbons (Fsp3) is 0.571. The highest BCUT2D eigenvalue weighted by Gasteiger charge is 2.10. The average molecular weight is 222 g/mol. The van der Waals surface area contributed by atoms with Crippen molar-refractivity contribution < 1.29 is 10.2 Å².